The Morgan fingerprint density at radius 2 is 1.90 bits per heavy atom. The van der Waals surface area contributed by atoms with Gasteiger partial charge in [0.2, 0.25) is 9.84 Å². The molecule has 0 radical (unpaired) electrons. The van der Waals surface area contributed by atoms with E-state index in [4.69, 9.17) is 4.74 Å². The van der Waals surface area contributed by atoms with Gasteiger partial charge >= 0.3 is 6.03 Å². The van der Waals surface area contributed by atoms with Crippen LogP contribution in [0, 0.1) is 12.8 Å². The number of urea groups is 1. The molecule has 0 aliphatic heterocycles. The number of hydrogen-bond acceptors (Lipinski definition) is 7. The van der Waals surface area contributed by atoms with E-state index in [1.165, 1.54) is 30.7 Å². The van der Waals surface area contributed by atoms with Gasteiger partial charge in [-0.05, 0) is 42.7 Å². The summed E-state index contributed by atoms with van der Waals surface area (Å²) in [6, 6.07) is 7.73. The average Bonchev–Trinajstić information content (AvgIpc) is 3.18. The summed E-state index contributed by atoms with van der Waals surface area (Å²) in [5, 5.41) is 5.45. The van der Waals surface area contributed by atoms with Crippen LogP contribution < -0.4 is 15.4 Å². The molecule has 3 aromatic rings. The number of sulfone groups is 1. The van der Waals surface area contributed by atoms with Crippen molar-refractivity contribution in [2.75, 3.05) is 17.2 Å². The van der Waals surface area contributed by atoms with Crippen LogP contribution in [0.2, 0.25) is 0 Å². The van der Waals surface area contributed by atoms with Crippen LogP contribution in [0.15, 0.2) is 58.0 Å². The van der Waals surface area contributed by atoms with Gasteiger partial charge in [-0.2, -0.15) is 0 Å². The van der Waals surface area contributed by atoms with Gasteiger partial charge in [0.25, 0.3) is 0 Å². The summed E-state index contributed by atoms with van der Waals surface area (Å²) in [4.78, 5) is 20.4. The number of aromatic nitrogens is 2. The van der Waals surface area contributed by atoms with E-state index >= 15 is 0 Å². The molecule has 8 nitrogen and oxygen atoms in total. The van der Waals surface area contributed by atoms with Crippen molar-refractivity contribution in [2.24, 2.45) is 5.92 Å². The van der Waals surface area contributed by atoms with Crippen LogP contribution in [0.1, 0.15) is 19.4 Å². The van der Waals surface area contributed by atoms with Gasteiger partial charge < -0.3 is 10.1 Å². The molecule has 0 saturated heterocycles. The smallest absolute Gasteiger partial charge is 0.325 e. The number of nitrogens with one attached hydrogen (secondary N) is 2. The molecule has 0 spiro atoms. The third-order valence-corrected chi connectivity index (χ3v) is 7.03. The fourth-order valence-corrected chi connectivity index (χ4v) is 4.85. The Hall–Kier alpha value is -2.98. The van der Waals surface area contributed by atoms with Crippen molar-refractivity contribution in [3.63, 3.8) is 0 Å². The summed E-state index contributed by atoms with van der Waals surface area (Å²) in [5.41, 5.74) is 1.52. The van der Waals surface area contributed by atoms with Crippen LogP contribution >= 0.6 is 11.3 Å². The Kier molecular flexibility index (Phi) is 6.68. The number of aryl methyl sites for hydroxylation is 1. The van der Waals surface area contributed by atoms with Crippen LogP contribution in [-0.2, 0) is 9.84 Å². The summed E-state index contributed by atoms with van der Waals surface area (Å²) < 4.78 is 31.1. The third kappa shape index (κ3) is 5.33. The first-order valence-electron chi connectivity index (χ1n) is 9.18. The molecule has 0 aliphatic rings. The first-order valence-corrected chi connectivity index (χ1v) is 11.5. The van der Waals surface area contributed by atoms with E-state index in [0.29, 0.717) is 24.0 Å². The van der Waals surface area contributed by atoms with Crippen molar-refractivity contribution >= 4 is 38.0 Å². The molecular weight excluding hydrogens is 424 g/mol. The highest BCUT2D eigenvalue weighted by Gasteiger charge is 2.21. The maximum absolute atomic E-state index is 12.6. The van der Waals surface area contributed by atoms with E-state index in [-0.39, 0.29) is 14.2 Å². The van der Waals surface area contributed by atoms with E-state index in [1.807, 2.05) is 32.9 Å². The second kappa shape index (κ2) is 9.23. The van der Waals surface area contributed by atoms with Crippen LogP contribution in [0.5, 0.6) is 5.75 Å². The Morgan fingerprint density at radius 3 is 2.60 bits per heavy atom. The Bertz CT molecular complexity index is 1130. The molecule has 0 unspecified atom stereocenters. The number of benzene rings is 1. The fourth-order valence-electron chi connectivity index (χ4n) is 2.43. The number of pyridine rings is 1. The molecule has 0 bridgehead atoms. The lowest BCUT2D eigenvalue weighted by Crippen LogP contribution is -2.20. The second-order valence-corrected chi connectivity index (χ2v) is 10.2. The van der Waals surface area contributed by atoms with Gasteiger partial charge in [0, 0.05) is 12.4 Å². The molecule has 0 fully saturated rings. The lowest BCUT2D eigenvalue weighted by Gasteiger charge is -2.14. The first kappa shape index (κ1) is 21.7. The molecule has 3 rings (SSSR count). The van der Waals surface area contributed by atoms with Gasteiger partial charge in [-0.15, -0.1) is 0 Å². The summed E-state index contributed by atoms with van der Waals surface area (Å²) in [7, 11) is -3.72. The summed E-state index contributed by atoms with van der Waals surface area (Å²) in [6.45, 7) is 6.53. The number of carbonyl (C=O) groups is 1. The number of amides is 2. The minimum atomic E-state index is -3.72. The molecule has 0 aliphatic carbocycles. The SMILES string of the molecule is Cc1ccc(NC(=O)Nc2ncc(S(=O)(=O)c3ccncc3)s2)c(OCC(C)C)c1. The number of ether oxygens (including phenoxy) is 1. The molecule has 158 valence electrons. The molecular formula is C20H22N4O4S2. The van der Waals surface area contributed by atoms with Crippen molar-refractivity contribution in [2.45, 2.75) is 29.9 Å². The quantitative estimate of drug-likeness (QED) is 0.558. The highest BCUT2D eigenvalue weighted by atomic mass is 32.2. The minimum absolute atomic E-state index is 0.0280. The first-order chi connectivity index (χ1) is 14.3. The Labute approximate surface area is 179 Å². The van der Waals surface area contributed by atoms with Crippen LogP contribution in [0.3, 0.4) is 0 Å². The van der Waals surface area contributed by atoms with Crippen molar-refractivity contribution in [1.82, 2.24) is 9.97 Å². The molecule has 2 amide bonds. The number of thiazole rings is 1. The van der Waals surface area contributed by atoms with Crippen molar-refractivity contribution in [3.8, 4) is 5.75 Å². The van der Waals surface area contributed by atoms with Crippen LogP contribution in [0.25, 0.3) is 0 Å². The standard InChI is InChI=1S/C20H22N4O4S2/c1-13(2)12-28-17-10-14(3)4-5-16(17)23-19(25)24-20-22-11-18(29-20)30(26,27)15-6-8-21-9-7-15/h4-11,13H,12H2,1-3H3,(H2,22,23,24,25). The lowest BCUT2D eigenvalue weighted by atomic mass is 10.2. The van der Waals surface area contributed by atoms with Crippen molar-refractivity contribution < 1.29 is 17.9 Å². The highest BCUT2D eigenvalue weighted by molar-refractivity contribution is 7.93. The van der Waals surface area contributed by atoms with Gasteiger partial charge in [-0.1, -0.05) is 31.3 Å². The van der Waals surface area contributed by atoms with E-state index in [0.717, 1.165) is 16.9 Å². The predicted octanol–water partition coefficient (Wildman–Crippen LogP) is 4.36. The monoisotopic (exact) mass is 446 g/mol. The molecule has 2 aromatic heterocycles. The molecule has 0 saturated carbocycles. The highest BCUT2D eigenvalue weighted by Crippen LogP contribution is 2.29. The minimum Gasteiger partial charge on any atom is -0.491 e. The van der Waals surface area contributed by atoms with E-state index in [2.05, 4.69) is 20.6 Å². The molecule has 10 heteroatoms. The number of carbonyl (C=O) groups excluding carboxylic acids is 1. The normalized spacial score (nSPS) is 11.3. The largest absolute Gasteiger partial charge is 0.491 e. The number of nitrogens with zero attached hydrogens (tertiary/aromatic N) is 2. The van der Waals surface area contributed by atoms with E-state index in [1.54, 1.807) is 6.07 Å². The second-order valence-electron chi connectivity index (χ2n) is 6.95. The van der Waals surface area contributed by atoms with E-state index in [9.17, 15) is 13.2 Å². The predicted molar refractivity (Wildman–Crippen MR) is 116 cm³/mol. The zero-order valence-corrected chi connectivity index (χ0v) is 18.4. The van der Waals surface area contributed by atoms with Gasteiger partial charge in [-0.25, -0.2) is 18.2 Å². The third-order valence-electron chi connectivity index (χ3n) is 3.89. The van der Waals surface area contributed by atoms with Gasteiger partial charge in [0.05, 0.1) is 23.4 Å². The molecule has 0 atom stereocenters. The fraction of sp³-hybridized carbons (Fsp3) is 0.250. The maximum atomic E-state index is 12.6. The Morgan fingerprint density at radius 1 is 1.17 bits per heavy atom. The van der Waals surface area contributed by atoms with Gasteiger partial charge in [-0.3, -0.25) is 10.3 Å². The number of hydrogen-bond donors (Lipinski definition) is 2. The molecule has 30 heavy (non-hydrogen) atoms. The maximum Gasteiger partial charge on any atom is 0.325 e. The molecule has 2 N–H and O–H groups in total. The number of rotatable bonds is 7. The zero-order valence-electron chi connectivity index (χ0n) is 16.7. The van der Waals surface area contributed by atoms with E-state index < -0.39 is 15.9 Å². The Balaban J connectivity index is 1.71. The van der Waals surface area contributed by atoms with Crippen molar-refractivity contribution in [3.05, 3.63) is 54.5 Å². The summed E-state index contributed by atoms with van der Waals surface area (Å²) >= 11 is 0.872. The molecule has 1 aromatic carbocycles. The van der Waals surface area contributed by atoms with Crippen LogP contribution in [-0.4, -0.2) is 31.0 Å². The topological polar surface area (TPSA) is 110 Å². The number of anilines is 2. The van der Waals surface area contributed by atoms with Crippen LogP contribution in [0.4, 0.5) is 15.6 Å². The molecule has 2 heterocycles. The lowest BCUT2D eigenvalue weighted by molar-refractivity contribution is 0.260. The zero-order chi connectivity index (χ0) is 21.7. The summed E-state index contributed by atoms with van der Waals surface area (Å²) in [5.74, 6) is 0.905. The average molecular weight is 447 g/mol. The summed E-state index contributed by atoms with van der Waals surface area (Å²) in [6.07, 6.45) is 4.03. The van der Waals surface area contributed by atoms with Gasteiger partial charge in [0.15, 0.2) is 5.13 Å². The van der Waals surface area contributed by atoms with Gasteiger partial charge in [0.1, 0.15) is 9.96 Å². The van der Waals surface area contributed by atoms with Crippen molar-refractivity contribution in [1.29, 1.82) is 0 Å².